The van der Waals surface area contributed by atoms with Crippen molar-refractivity contribution in [2.75, 3.05) is 39.3 Å². The fourth-order valence-corrected chi connectivity index (χ4v) is 4.18. The molecule has 0 saturated carbocycles. The van der Waals surface area contributed by atoms with E-state index in [-0.39, 0.29) is 0 Å². The first-order valence-electron chi connectivity index (χ1n) is 11.4. The molecular weight excluding hydrogens is 318 g/mol. The van der Waals surface area contributed by atoms with Crippen LogP contribution in [-0.2, 0) is 0 Å². The van der Waals surface area contributed by atoms with Crippen molar-refractivity contribution >= 4 is 0 Å². The monoisotopic (exact) mass is 367 g/mol. The van der Waals surface area contributed by atoms with Crippen molar-refractivity contribution < 1.29 is 0 Å². The lowest BCUT2D eigenvalue weighted by molar-refractivity contribution is 0.0304. The summed E-state index contributed by atoms with van der Waals surface area (Å²) in [6, 6.07) is 1.43. The summed E-state index contributed by atoms with van der Waals surface area (Å²) in [6.45, 7) is 26.2. The van der Waals surface area contributed by atoms with E-state index >= 15 is 0 Å². The number of hydrogen-bond acceptors (Lipinski definition) is 3. The lowest BCUT2D eigenvalue weighted by atomic mass is 9.96. The van der Waals surface area contributed by atoms with Crippen LogP contribution in [0.25, 0.3) is 0 Å². The summed E-state index contributed by atoms with van der Waals surface area (Å²) in [7, 11) is 0. The average Bonchev–Trinajstić information content (AvgIpc) is 2.51. The fraction of sp³-hybridized carbons (Fsp3) is 1.00. The third-order valence-corrected chi connectivity index (χ3v) is 5.57. The number of piperazine rings is 1. The van der Waals surface area contributed by atoms with E-state index in [1.165, 1.54) is 45.4 Å². The second-order valence-electron chi connectivity index (χ2n) is 10.3. The highest BCUT2D eigenvalue weighted by molar-refractivity contribution is 4.87. The molecule has 2 atom stereocenters. The Hall–Kier alpha value is -0.120. The molecule has 3 nitrogen and oxygen atoms in total. The standard InChI is InChI=1S/C23H49N3/c1-18(2)9-10-25-11-12-26(17-23(25)14-20(5)6)22(13-19(3)4)16-24-15-21(7)8/h18-24H,9-17H2,1-8H3. The average molecular weight is 368 g/mol. The Morgan fingerprint density at radius 2 is 1.50 bits per heavy atom. The van der Waals surface area contributed by atoms with Crippen molar-refractivity contribution in [2.45, 2.75) is 86.7 Å². The predicted octanol–water partition coefficient (Wildman–Crippen LogP) is 4.73. The van der Waals surface area contributed by atoms with Crippen molar-refractivity contribution in [1.82, 2.24) is 15.1 Å². The minimum Gasteiger partial charge on any atom is -0.315 e. The van der Waals surface area contributed by atoms with Gasteiger partial charge in [0, 0.05) is 38.3 Å². The van der Waals surface area contributed by atoms with Gasteiger partial charge in [-0.15, -0.1) is 0 Å². The Balaban J connectivity index is 2.69. The number of hydrogen-bond donors (Lipinski definition) is 1. The van der Waals surface area contributed by atoms with Gasteiger partial charge < -0.3 is 5.32 Å². The maximum atomic E-state index is 3.74. The van der Waals surface area contributed by atoms with E-state index in [0.717, 1.165) is 42.8 Å². The van der Waals surface area contributed by atoms with Gasteiger partial charge >= 0.3 is 0 Å². The summed E-state index contributed by atoms with van der Waals surface area (Å²) in [5.74, 6) is 3.09. The van der Waals surface area contributed by atoms with Crippen LogP contribution in [0, 0.1) is 23.7 Å². The minimum atomic E-state index is 0.690. The van der Waals surface area contributed by atoms with Gasteiger partial charge in [-0.05, 0) is 56.0 Å². The summed E-state index contributed by atoms with van der Waals surface area (Å²) in [6.07, 6.45) is 3.98. The maximum Gasteiger partial charge on any atom is 0.0226 e. The van der Waals surface area contributed by atoms with Gasteiger partial charge in [-0.3, -0.25) is 9.80 Å². The lowest BCUT2D eigenvalue weighted by Gasteiger charge is -2.46. The van der Waals surface area contributed by atoms with Crippen molar-refractivity contribution in [3.63, 3.8) is 0 Å². The van der Waals surface area contributed by atoms with Crippen LogP contribution >= 0.6 is 0 Å². The molecule has 1 aliphatic rings. The molecule has 26 heavy (non-hydrogen) atoms. The number of rotatable bonds is 12. The van der Waals surface area contributed by atoms with E-state index in [2.05, 4.69) is 70.5 Å². The highest BCUT2D eigenvalue weighted by atomic mass is 15.3. The van der Waals surface area contributed by atoms with Crippen LogP contribution in [0.15, 0.2) is 0 Å². The lowest BCUT2D eigenvalue weighted by Crippen LogP contribution is -2.58. The van der Waals surface area contributed by atoms with E-state index in [9.17, 15) is 0 Å². The molecule has 0 amide bonds. The Morgan fingerprint density at radius 3 is 2.04 bits per heavy atom. The SMILES string of the molecule is CC(C)CCN1CCN(C(CNCC(C)C)CC(C)C)CC1CC(C)C. The topological polar surface area (TPSA) is 18.5 Å². The van der Waals surface area contributed by atoms with Gasteiger partial charge in [-0.25, -0.2) is 0 Å². The Labute approximate surface area is 165 Å². The normalized spacial score (nSPS) is 21.5. The molecule has 3 heteroatoms. The zero-order chi connectivity index (χ0) is 19.7. The summed E-state index contributed by atoms with van der Waals surface area (Å²) in [4.78, 5) is 5.61. The molecule has 0 spiro atoms. The van der Waals surface area contributed by atoms with Gasteiger partial charge in [0.15, 0.2) is 0 Å². The molecular formula is C23H49N3. The highest BCUT2D eigenvalue weighted by Crippen LogP contribution is 2.22. The van der Waals surface area contributed by atoms with Gasteiger partial charge in [0.1, 0.15) is 0 Å². The molecule has 0 aromatic carbocycles. The minimum absolute atomic E-state index is 0.690. The van der Waals surface area contributed by atoms with E-state index in [0.29, 0.717) is 6.04 Å². The largest absolute Gasteiger partial charge is 0.315 e. The summed E-state index contributed by atoms with van der Waals surface area (Å²) in [5, 5.41) is 3.74. The Bertz CT molecular complexity index is 343. The molecule has 1 fully saturated rings. The van der Waals surface area contributed by atoms with Crippen LogP contribution in [0.3, 0.4) is 0 Å². The number of nitrogens with one attached hydrogen (secondary N) is 1. The third-order valence-electron chi connectivity index (χ3n) is 5.57. The van der Waals surface area contributed by atoms with Crippen molar-refractivity contribution in [2.24, 2.45) is 23.7 Å². The summed E-state index contributed by atoms with van der Waals surface area (Å²) >= 11 is 0. The molecule has 0 bridgehead atoms. The van der Waals surface area contributed by atoms with Gasteiger partial charge in [0.25, 0.3) is 0 Å². The molecule has 1 N–H and O–H groups in total. The third kappa shape index (κ3) is 9.71. The van der Waals surface area contributed by atoms with Crippen LogP contribution in [0.4, 0.5) is 0 Å². The fourth-order valence-electron chi connectivity index (χ4n) is 4.18. The smallest absolute Gasteiger partial charge is 0.0226 e. The van der Waals surface area contributed by atoms with Crippen LogP contribution in [0.2, 0.25) is 0 Å². The first kappa shape index (κ1) is 23.9. The molecule has 0 aromatic heterocycles. The van der Waals surface area contributed by atoms with Gasteiger partial charge in [-0.2, -0.15) is 0 Å². The zero-order valence-electron chi connectivity index (χ0n) is 19.2. The van der Waals surface area contributed by atoms with Crippen LogP contribution in [-0.4, -0.2) is 61.2 Å². The molecule has 156 valence electrons. The van der Waals surface area contributed by atoms with Crippen molar-refractivity contribution in [3.8, 4) is 0 Å². The first-order chi connectivity index (χ1) is 12.2. The molecule has 1 saturated heterocycles. The second-order valence-corrected chi connectivity index (χ2v) is 10.3. The molecule has 1 rings (SSSR count). The molecule has 0 radical (unpaired) electrons. The molecule has 0 aromatic rings. The van der Waals surface area contributed by atoms with E-state index in [4.69, 9.17) is 0 Å². The molecule has 1 aliphatic heterocycles. The summed E-state index contributed by atoms with van der Waals surface area (Å²) in [5.41, 5.74) is 0. The molecule has 1 heterocycles. The second kappa shape index (κ2) is 12.4. The predicted molar refractivity (Wildman–Crippen MR) is 117 cm³/mol. The Kier molecular flexibility index (Phi) is 11.4. The number of nitrogens with zero attached hydrogens (tertiary/aromatic N) is 2. The zero-order valence-corrected chi connectivity index (χ0v) is 19.2. The van der Waals surface area contributed by atoms with Crippen molar-refractivity contribution in [3.05, 3.63) is 0 Å². The van der Waals surface area contributed by atoms with Gasteiger partial charge in [-0.1, -0.05) is 55.4 Å². The van der Waals surface area contributed by atoms with E-state index < -0.39 is 0 Å². The van der Waals surface area contributed by atoms with E-state index in [1.54, 1.807) is 0 Å². The quantitative estimate of drug-likeness (QED) is 0.538. The summed E-state index contributed by atoms with van der Waals surface area (Å²) < 4.78 is 0. The van der Waals surface area contributed by atoms with Crippen LogP contribution < -0.4 is 5.32 Å². The molecule has 2 unspecified atom stereocenters. The van der Waals surface area contributed by atoms with Crippen LogP contribution in [0.5, 0.6) is 0 Å². The van der Waals surface area contributed by atoms with E-state index in [1.807, 2.05) is 0 Å². The van der Waals surface area contributed by atoms with Crippen LogP contribution in [0.1, 0.15) is 74.7 Å². The van der Waals surface area contributed by atoms with Gasteiger partial charge in [0.2, 0.25) is 0 Å². The molecule has 0 aliphatic carbocycles. The van der Waals surface area contributed by atoms with Gasteiger partial charge in [0.05, 0.1) is 0 Å². The first-order valence-corrected chi connectivity index (χ1v) is 11.4. The maximum absolute atomic E-state index is 3.74. The highest BCUT2D eigenvalue weighted by Gasteiger charge is 2.31. The van der Waals surface area contributed by atoms with Crippen molar-refractivity contribution in [1.29, 1.82) is 0 Å². The Morgan fingerprint density at radius 1 is 0.808 bits per heavy atom.